The van der Waals surface area contributed by atoms with Crippen molar-refractivity contribution >= 4 is 5.97 Å². The maximum Gasteiger partial charge on any atom is 0.317 e. The number of aryl methyl sites for hydroxylation is 2. The minimum absolute atomic E-state index is 0.0849. The summed E-state index contributed by atoms with van der Waals surface area (Å²) < 4.78 is 1.84. The van der Waals surface area contributed by atoms with Gasteiger partial charge < -0.3 is 5.11 Å². The second-order valence-corrected chi connectivity index (χ2v) is 4.38. The number of nitrogens with zero attached hydrogens (tertiary/aromatic N) is 3. The fraction of sp³-hybridized carbons (Fsp3) is 0.667. The van der Waals surface area contributed by atoms with Crippen LogP contribution < -0.4 is 0 Å². The Morgan fingerprint density at radius 2 is 2.12 bits per heavy atom. The Labute approximate surface area is 102 Å². The van der Waals surface area contributed by atoms with E-state index in [1.165, 1.54) is 0 Å². The molecule has 1 heterocycles. The quantitative estimate of drug-likeness (QED) is 0.813. The van der Waals surface area contributed by atoms with E-state index in [2.05, 4.69) is 12.0 Å². The molecule has 17 heavy (non-hydrogen) atoms. The average molecular weight is 239 g/mol. The fourth-order valence-electron chi connectivity index (χ4n) is 1.99. The molecule has 1 rings (SSSR count). The maximum atomic E-state index is 10.8. The molecule has 1 aromatic rings. The molecule has 0 fully saturated rings. The van der Waals surface area contributed by atoms with Gasteiger partial charge in [-0.1, -0.05) is 6.92 Å². The summed E-state index contributed by atoms with van der Waals surface area (Å²) in [4.78, 5) is 12.7. The summed E-state index contributed by atoms with van der Waals surface area (Å²) in [5.74, 6) is -0.780. The Morgan fingerprint density at radius 3 is 2.53 bits per heavy atom. The summed E-state index contributed by atoms with van der Waals surface area (Å²) in [6.45, 7) is 7.57. The first kappa shape index (κ1) is 13.7. The summed E-state index contributed by atoms with van der Waals surface area (Å²) in [6, 6.07) is 0. The van der Waals surface area contributed by atoms with Crippen LogP contribution in [-0.4, -0.2) is 38.8 Å². The second-order valence-electron chi connectivity index (χ2n) is 4.38. The fourth-order valence-corrected chi connectivity index (χ4v) is 1.99. The number of rotatable bonds is 6. The number of carbonyl (C=O) groups is 1. The lowest BCUT2D eigenvalue weighted by Crippen LogP contribution is -2.30. The normalized spacial score (nSPS) is 11.1. The average Bonchev–Trinajstić information content (AvgIpc) is 2.44. The molecule has 0 aliphatic heterocycles. The molecule has 0 atom stereocenters. The Morgan fingerprint density at radius 1 is 1.47 bits per heavy atom. The first-order chi connectivity index (χ1) is 7.95. The van der Waals surface area contributed by atoms with E-state index in [-0.39, 0.29) is 6.54 Å². The first-order valence-electron chi connectivity index (χ1n) is 5.89. The molecule has 0 unspecified atom stereocenters. The van der Waals surface area contributed by atoms with E-state index in [1.54, 1.807) is 0 Å². The summed E-state index contributed by atoms with van der Waals surface area (Å²) in [5, 5.41) is 13.2. The standard InChI is InChI=1S/C12H21N3O2/c1-5-6-15(8-12(16)17)7-11-9(2)13-14(4)10(11)3/h5-8H2,1-4H3,(H,16,17). The summed E-state index contributed by atoms with van der Waals surface area (Å²) in [6.07, 6.45) is 0.950. The molecule has 0 aliphatic rings. The van der Waals surface area contributed by atoms with Crippen LogP contribution in [-0.2, 0) is 18.4 Å². The Bertz CT molecular complexity index is 399. The third kappa shape index (κ3) is 3.56. The smallest absolute Gasteiger partial charge is 0.317 e. The minimum Gasteiger partial charge on any atom is -0.480 e. The molecule has 0 aliphatic carbocycles. The molecule has 0 saturated carbocycles. The van der Waals surface area contributed by atoms with Gasteiger partial charge in [0.2, 0.25) is 0 Å². The third-order valence-corrected chi connectivity index (χ3v) is 2.94. The minimum atomic E-state index is -0.780. The zero-order valence-corrected chi connectivity index (χ0v) is 11.0. The molecule has 0 bridgehead atoms. The van der Waals surface area contributed by atoms with Crippen LogP contribution in [0.1, 0.15) is 30.3 Å². The number of hydrogen-bond donors (Lipinski definition) is 1. The topological polar surface area (TPSA) is 58.4 Å². The summed E-state index contributed by atoms with van der Waals surface area (Å²) in [5.41, 5.74) is 3.23. The lowest BCUT2D eigenvalue weighted by molar-refractivity contribution is -0.138. The number of hydrogen-bond acceptors (Lipinski definition) is 3. The van der Waals surface area contributed by atoms with Crippen molar-refractivity contribution in [1.29, 1.82) is 0 Å². The van der Waals surface area contributed by atoms with E-state index < -0.39 is 5.97 Å². The van der Waals surface area contributed by atoms with Gasteiger partial charge in [0, 0.05) is 24.8 Å². The first-order valence-corrected chi connectivity index (χ1v) is 5.89. The van der Waals surface area contributed by atoms with Gasteiger partial charge in [-0.05, 0) is 26.8 Å². The Kier molecular flexibility index (Phi) is 4.69. The highest BCUT2D eigenvalue weighted by Crippen LogP contribution is 2.14. The predicted molar refractivity (Wildman–Crippen MR) is 65.9 cm³/mol. The van der Waals surface area contributed by atoms with Crippen LogP contribution in [0.25, 0.3) is 0 Å². The second kappa shape index (κ2) is 5.82. The van der Waals surface area contributed by atoms with Crippen LogP contribution in [0.2, 0.25) is 0 Å². The molecule has 0 aromatic carbocycles. The van der Waals surface area contributed by atoms with Gasteiger partial charge in [-0.25, -0.2) is 0 Å². The van der Waals surface area contributed by atoms with Crippen molar-refractivity contribution in [2.75, 3.05) is 13.1 Å². The lowest BCUT2D eigenvalue weighted by Gasteiger charge is -2.19. The SMILES string of the molecule is CCCN(CC(=O)O)Cc1c(C)nn(C)c1C. The lowest BCUT2D eigenvalue weighted by atomic mass is 10.2. The predicted octanol–water partition coefficient (Wildman–Crippen LogP) is 1.33. The van der Waals surface area contributed by atoms with E-state index >= 15 is 0 Å². The monoisotopic (exact) mass is 239 g/mol. The molecule has 0 saturated heterocycles. The van der Waals surface area contributed by atoms with Crippen molar-refractivity contribution in [3.63, 3.8) is 0 Å². The van der Waals surface area contributed by atoms with E-state index in [0.29, 0.717) is 6.54 Å². The number of aromatic nitrogens is 2. The zero-order chi connectivity index (χ0) is 13.0. The van der Waals surface area contributed by atoms with Gasteiger partial charge >= 0.3 is 5.97 Å². The molecule has 0 spiro atoms. The van der Waals surface area contributed by atoms with Crippen LogP contribution in [0.4, 0.5) is 0 Å². The van der Waals surface area contributed by atoms with E-state index in [9.17, 15) is 4.79 Å². The summed E-state index contributed by atoms with van der Waals surface area (Å²) in [7, 11) is 1.91. The maximum absolute atomic E-state index is 10.8. The van der Waals surface area contributed by atoms with Crippen LogP contribution in [0.5, 0.6) is 0 Å². The largest absolute Gasteiger partial charge is 0.480 e. The molecule has 96 valence electrons. The van der Waals surface area contributed by atoms with E-state index in [1.807, 2.05) is 30.5 Å². The van der Waals surface area contributed by atoms with E-state index in [0.717, 1.165) is 29.9 Å². The number of carboxylic acid groups (broad SMARTS) is 1. The highest BCUT2D eigenvalue weighted by molar-refractivity contribution is 5.69. The third-order valence-electron chi connectivity index (χ3n) is 2.94. The van der Waals surface area contributed by atoms with Gasteiger partial charge in [-0.3, -0.25) is 14.4 Å². The Balaban J connectivity index is 2.81. The van der Waals surface area contributed by atoms with Crippen molar-refractivity contribution < 1.29 is 9.90 Å². The van der Waals surface area contributed by atoms with E-state index in [4.69, 9.17) is 5.11 Å². The van der Waals surface area contributed by atoms with Crippen molar-refractivity contribution in [1.82, 2.24) is 14.7 Å². The van der Waals surface area contributed by atoms with Gasteiger partial charge in [-0.2, -0.15) is 5.10 Å². The molecule has 5 heteroatoms. The molecule has 1 N–H and O–H groups in total. The molecule has 1 aromatic heterocycles. The van der Waals surface area contributed by atoms with Crippen LogP contribution in [0, 0.1) is 13.8 Å². The molecular formula is C12H21N3O2. The molecule has 0 radical (unpaired) electrons. The zero-order valence-electron chi connectivity index (χ0n) is 11.0. The molecule has 5 nitrogen and oxygen atoms in total. The Hall–Kier alpha value is -1.36. The molecular weight excluding hydrogens is 218 g/mol. The number of carboxylic acids is 1. The van der Waals surface area contributed by atoms with Crippen molar-refractivity contribution in [3.05, 3.63) is 17.0 Å². The van der Waals surface area contributed by atoms with Crippen LogP contribution in [0.15, 0.2) is 0 Å². The van der Waals surface area contributed by atoms with Crippen molar-refractivity contribution in [3.8, 4) is 0 Å². The van der Waals surface area contributed by atoms with Gasteiger partial charge in [0.05, 0.1) is 12.2 Å². The highest BCUT2D eigenvalue weighted by Gasteiger charge is 2.15. The number of aliphatic carboxylic acids is 1. The van der Waals surface area contributed by atoms with Gasteiger partial charge in [-0.15, -0.1) is 0 Å². The molecule has 0 amide bonds. The van der Waals surface area contributed by atoms with Crippen LogP contribution in [0.3, 0.4) is 0 Å². The highest BCUT2D eigenvalue weighted by atomic mass is 16.4. The van der Waals surface area contributed by atoms with Crippen LogP contribution >= 0.6 is 0 Å². The van der Waals surface area contributed by atoms with Gasteiger partial charge in [0.25, 0.3) is 0 Å². The van der Waals surface area contributed by atoms with Gasteiger partial charge in [0.1, 0.15) is 0 Å². The van der Waals surface area contributed by atoms with Crippen molar-refractivity contribution in [2.24, 2.45) is 7.05 Å². The summed E-state index contributed by atoms with van der Waals surface area (Å²) >= 11 is 0. The van der Waals surface area contributed by atoms with Crippen molar-refractivity contribution in [2.45, 2.75) is 33.7 Å². The van der Waals surface area contributed by atoms with Gasteiger partial charge in [0.15, 0.2) is 0 Å².